The molecule has 1 aliphatic rings. The molecule has 3 N–H and O–H groups in total. The monoisotopic (exact) mass is 369 g/mol. The molecule has 1 aliphatic heterocycles. The molecule has 1 heterocycles. The van der Waals surface area contributed by atoms with Crippen molar-refractivity contribution in [1.82, 2.24) is 5.32 Å². The van der Waals surface area contributed by atoms with Crippen molar-refractivity contribution in [2.24, 2.45) is 0 Å². The minimum absolute atomic E-state index is 0.170. The minimum Gasteiger partial charge on any atom is -0.504 e. The zero-order valence-corrected chi connectivity index (χ0v) is 14.3. The van der Waals surface area contributed by atoms with E-state index in [9.17, 15) is 23.4 Å². The van der Waals surface area contributed by atoms with Crippen LogP contribution < -0.4 is 5.32 Å². The number of fused-ring (bicyclic) bond motifs is 1. The Morgan fingerprint density at radius 1 is 1.20 bits per heavy atom. The second kappa shape index (κ2) is 6.80. The van der Waals surface area contributed by atoms with Gasteiger partial charge in [-0.1, -0.05) is 18.2 Å². The molecule has 0 saturated heterocycles. The molecule has 0 fully saturated rings. The maximum absolute atomic E-state index is 13.1. The molecule has 2 aromatic carbocycles. The van der Waals surface area contributed by atoms with Crippen LogP contribution in [0.4, 0.5) is 13.2 Å². The van der Waals surface area contributed by atoms with Gasteiger partial charge in [-0.05, 0) is 48.0 Å². The topological polar surface area (TPSA) is 52.5 Å². The first-order chi connectivity index (χ1) is 11.8. The summed E-state index contributed by atoms with van der Waals surface area (Å²) in [6, 6.07) is 6.75. The molecule has 2 aromatic rings. The van der Waals surface area contributed by atoms with E-state index in [4.69, 9.17) is 0 Å². The number of thioether (sulfide) groups is 1. The van der Waals surface area contributed by atoms with Crippen LogP contribution in [0.2, 0.25) is 0 Å². The molecule has 7 heteroatoms. The highest BCUT2D eigenvalue weighted by Gasteiger charge is 2.32. The van der Waals surface area contributed by atoms with E-state index in [-0.39, 0.29) is 17.4 Å². The van der Waals surface area contributed by atoms with Gasteiger partial charge in [-0.3, -0.25) is 0 Å². The number of halogens is 3. The number of phenolic OH excluding ortho intramolecular Hbond substituents is 2. The van der Waals surface area contributed by atoms with Crippen molar-refractivity contribution in [2.45, 2.75) is 23.4 Å². The predicted molar refractivity (Wildman–Crippen MR) is 91.4 cm³/mol. The molecule has 0 amide bonds. The molecule has 1 atom stereocenters. The van der Waals surface area contributed by atoms with Crippen LogP contribution >= 0.6 is 11.8 Å². The van der Waals surface area contributed by atoms with Gasteiger partial charge in [0.05, 0.1) is 10.5 Å². The Balaban J connectivity index is 2.16. The third kappa shape index (κ3) is 3.43. The summed E-state index contributed by atoms with van der Waals surface area (Å²) in [5.41, 5.74) is 1.46. The fourth-order valence-electron chi connectivity index (χ4n) is 3.28. The third-order valence-electron chi connectivity index (χ3n) is 4.47. The lowest BCUT2D eigenvalue weighted by Crippen LogP contribution is -2.21. The number of rotatable bonds is 2. The van der Waals surface area contributed by atoms with Gasteiger partial charge in [0.2, 0.25) is 0 Å². The molecular formula is C18H18F3NO2S. The molecule has 25 heavy (non-hydrogen) atoms. The van der Waals surface area contributed by atoms with Gasteiger partial charge in [0, 0.05) is 12.5 Å². The third-order valence-corrected chi connectivity index (χ3v) is 5.32. The zero-order chi connectivity index (χ0) is 18.2. The smallest absolute Gasteiger partial charge is 0.416 e. The maximum atomic E-state index is 13.1. The van der Waals surface area contributed by atoms with E-state index in [1.807, 2.05) is 0 Å². The van der Waals surface area contributed by atoms with E-state index in [0.29, 0.717) is 30.0 Å². The molecule has 0 bridgehead atoms. The van der Waals surface area contributed by atoms with Crippen molar-refractivity contribution >= 4 is 11.8 Å². The lowest BCUT2D eigenvalue weighted by atomic mass is 9.87. The number of hydrogen-bond acceptors (Lipinski definition) is 4. The standard InChI is InChI=1S/C18H18F3NO2S/c1-25-17-12-5-6-22-9-14(13(12)8-15(23)16(17)24)10-3-2-4-11(7-10)18(19,20)21/h2-4,7-8,14,22-24H,5-6,9H2,1H3. The Kier molecular flexibility index (Phi) is 4.88. The summed E-state index contributed by atoms with van der Waals surface area (Å²) < 4.78 is 39.2. The SMILES string of the molecule is CSc1c(O)c(O)cc2c1CCNCC2c1cccc(C(F)(F)F)c1. The average Bonchev–Trinajstić information content (AvgIpc) is 2.78. The molecular weight excluding hydrogens is 351 g/mol. The fraction of sp³-hybridized carbons (Fsp3) is 0.333. The van der Waals surface area contributed by atoms with Gasteiger partial charge in [-0.25, -0.2) is 0 Å². The summed E-state index contributed by atoms with van der Waals surface area (Å²) in [6.07, 6.45) is -1.97. The van der Waals surface area contributed by atoms with Gasteiger partial charge < -0.3 is 15.5 Å². The van der Waals surface area contributed by atoms with E-state index in [2.05, 4.69) is 5.32 Å². The van der Waals surface area contributed by atoms with Crippen molar-refractivity contribution in [2.75, 3.05) is 19.3 Å². The van der Waals surface area contributed by atoms with E-state index in [1.165, 1.54) is 23.9 Å². The van der Waals surface area contributed by atoms with Crippen molar-refractivity contribution in [3.63, 3.8) is 0 Å². The first-order valence-electron chi connectivity index (χ1n) is 7.82. The van der Waals surface area contributed by atoms with Crippen LogP contribution in [-0.4, -0.2) is 29.6 Å². The first-order valence-corrected chi connectivity index (χ1v) is 9.05. The number of phenols is 2. The van der Waals surface area contributed by atoms with Crippen LogP contribution in [-0.2, 0) is 12.6 Å². The van der Waals surface area contributed by atoms with E-state index >= 15 is 0 Å². The summed E-state index contributed by atoms with van der Waals surface area (Å²) in [6.45, 7) is 1.12. The van der Waals surface area contributed by atoms with E-state index < -0.39 is 11.7 Å². The first kappa shape index (κ1) is 17.9. The molecule has 0 aliphatic carbocycles. The fourth-order valence-corrected chi connectivity index (χ4v) is 4.04. The molecule has 0 saturated carbocycles. The summed E-state index contributed by atoms with van der Waals surface area (Å²) in [5.74, 6) is -0.755. The van der Waals surface area contributed by atoms with Gasteiger partial charge >= 0.3 is 6.18 Å². The van der Waals surface area contributed by atoms with E-state index in [1.54, 1.807) is 12.3 Å². The van der Waals surface area contributed by atoms with Crippen molar-refractivity contribution in [3.05, 3.63) is 52.6 Å². The number of benzene rings is 2. The maximum Gasteiger partial charge on any atom is 0.416 e. The van der Waals surface area contributed by atoms with Crippen LogP contribution in [0.5, 0.6) is 11.5 Å². The Morgan fingerprint density at radius 3 is 2.64 bits per heavy atom. The Bertz CT molecular complexity index is 793. The van der Waals surface area contributed by atoms with Gasteiger partial charge in [0.1, 0.15) is 0 Å². The van der Waals surface area contributed by atoms with Gasteiger partial charge in [0.15, 0.2) is 11.5 Å². The van der Waals surface area contributed by atoms with Crippen LogP contribution in [0, 0.1) is 0 Å². The second-order valence-corrected chi connectivity index (χ2v) is 6.79. The summed E-state index contributed by atoms with van der Waals surface area (Å²) >= 11 is 1.32. The van der Waals surface area contributed by atoms with E-state index in [0.717, 1.165) is 23.3 Å². The van der Waals surface area contributed by atoms with Crippen LogP contribution in [0.1, 0.15) is 28.2 Å². The summed E-state index contributed by atoms with van der Waals surface area (Å²) in [5, 5.41) is 23.4. The van der Waals surface area contributed by atoms with Gasteiger partial charge in [-0.2, -0.15) is 13.2 Å². The van der Waals surface area contributed by atoms with Crippen LogP contribution in [0.3, 0.4) is 0 Å². The number of nitrogens with one attached hydrogen (secondary N) is 1. The molecule has 1 unspecified atom stereocenters. The second-order valence-electron chi connectivity index (χ2n) is 5.98. The molecule has 134 valence electrons. The molecule has 3 rings (SSSR count). The Morgan fingerprint density at radius 2 is 1.96 bits per heavy atom. The molecule has 0 radical (unpaired) electrons. The van der Waals surface area contributed by atoms with Crippen molar-refractivity contribution < 1.29 is 23.4 Å². The number of alkyl halides is 3. The predicted octanol–water partition coefficient (Wildman–Crippen LogP) is 4.12. The highest BCUT2D eigenvalue weighted by molar-refractivity contribution is 7.98. The van der Waals surface area contributed by atoms with Gasteiger partial charge in [0.25, 0.3) is 0 Å². The molecule has 0 spiro atoms. The lowest BCUT2D eigenvalue weighted by molar-refractivity contribution is -0.137. The van der Waals surface area contributed by atoms with Gasteiger partial charge in [-0.15, -0.1) is 11.8 Å². The summed E-state index contributed by atoms with van der Waals surface area (Å²) in [7, 11) is 0. The normalized spacial score (nSPS) is 17.8. The minimum atomic E-state index is -4.40. The highest BCUT2D eigenvalue weighted by atomic mass is 32.2. The largest absolute Gasteiger partial charge is 0.504 e. The molecule has 0 aromatic heterocycles. The lowest BCUT2D eigenvalue weighted by Gasteiger charge is -2.22. The average molecular weight is 369 g/mol. The summed E-state index contributed by atoms with van der Waals surface area (Å²) in [4.78, 5) is 0.579. The number of hydrogen-bond donors (Lipinski definition) is 3. The van der Waals surface area contributed by atoms with Crippen molar-refractivity contribution in [3.8, 4) is 11.5 Å². The zero-order valence-electron chi connectivity index (χ0n) is 13.5. The highest BCUT2D eigenvalue weighted by Crippen LogP contribution is 2.44. The molecule has 3 nitrogen and oxygen atoms in total. The number of aromatic hydroxyl groups is 2. The van der Waals surface area contributed by atoms with Crippen LogP contribution in [0.15, 0.2) is 35.2 Å². The quantitative estimate of drug-likeness (QED) is 0.551. The van der Waals surface area contributed by atoms with Crippen molar-refractivity contribution in [1.29, 1.82) is 0 Å². The Hall–Kier alpha value is -1.86. The Labute approximate surface area is 147 Å². The van der Waals surface area contributed by atoms with Crippen LogP contribution in [0.25, 0.3) is 0 Å².